The first-order valence-corrected chi connectivity index (χ1v) is 11.2. The molecule has 172 valence electrons. The largest absolute Gasteiger partial charge is 0.490 e. The first-order chi connectivity index (χ1) is 16.5. The molecule has 34 heavy (non-hydrogen) atoms. The number of carbonyl (C=O) groups is 3. The topological polar surface area (TPSA) is 81.7 Å². The number of allylic oxidation sites excluding steroid dienone is 1. The molecular formula is C28H25NO5. The van der Waals surface area contributed by atoms with Gasteiger partial charge in [0.2, 0.25) is 0 Å². The van der Waals surface area contributed by atoms with Crippen LogP contribution >= 0.6 is 0 Å². The predicted molar refractivity (Wildman–Crippen MR) is 131 cm³/mol. The summed E-state index contributed by atoms with van der Waals surface area (Å²) >= 11 is 0. The number of Topliss-reactive ketones (excluding diaryl/α,β-unsaturated/α-hetero) is 2. The Bertz CT molecular complexity index is 1250. The van der Waals surface area contributed by atoms with E-state index in [0.717, 1.165) is 17.7 Å². The molecule has 0 saturated carbocycles. The Labute approximate surface area is 198 Å². The van der Waals surface area contributed by atoms with Crippen LogP contribution in [0.5, 0.6) is 11.5 Å². The van der Waals surface area contributed by atoms with E-state index >= 15 is 0 Å². The second kappa shape index (κ2) is 10.2. The lowest BCUT2D eigenvalue weighted by Gasteiger charge is -2.14. The van der Waals surface area contributed by atoms with Crippen LogP contribution in [0.4, 0.5) is 5.69 Å². The van der Waals surface area contributed by atoms with Gasteiger partial charge in [0.25, 0.3) is 5.91 Å². The summed E-state index contributed by atoms with van der Waals surface area (Å²) in [5.41, 5.74) is 3.38. The maximum absolute atomic E-state index is 12.7. The summed E-state index contributed by atoms with van der Waals surface area (Å²) in [6.07, 6.45) is 2.37. The van der Waals surface area contributed by atoms with Crippen LogP contribution in [0.3, 0.4) is 0 Å². The summed E-state index contributed by atoms with van der Waals surface area (Å²) in [6, 6.07) is 19.5. The van der Waals surface area contributed by atoms with Crippen molar-refractivity contribution in [3.63, 3.8) is 0 Å². The lowest BCUT2D eigenvalue weighted by molar-refractivity contribution is -0.118. The smallest absolute Gasteiger partial charge is 0.262 e. The zero-order valence-corrected chi connectivity index (χ0v) is 19.1. The molecule has 4 rings (SSSR count). The Morgan fingerprint density at radius 2 is 1.53 bits per heavy atom. The number of para-hydroxylation sites is 1. The molecule has 0 bridgehead atoms. The van der Waals surface area contributed by atoms with Crippen LogP contribution in [0.2, 0.25) is 0 Å². The highest BCUT2D eigenvalue weighted by atomic mass is 16.5. The van der Waals surface area contributed by atoms with E-state index in [9.17, 15) is 14.4 Å². The summed E-state index contributed by atoms with van der Waals surface area (Å²) in [5, 5.41) is 2.87. The summed E-state index contributed by atoms with van der Waals surface area (Å²) in [4.78, 5) is 37.8. The molecule has 0 unspecified atom stereocenters. The molecular weight excluding hydrogens is 430 g/mol. The molecule has 0 saturated heterocycles. The number of rotatable bonds is 8. The minimum atomic E-state index is -0.289. The lowest BCUT2D eigenvalue weighted by atomic mass is 10.1. The van der Waals surface area contributed by atoms with Gasteiger partial charge in [-0.05, 0) is 48.7 Å². The van der Waals surface area contributed by atoms with Crippen LogP contribution < -0.4 is 14.8 Å². The van der Waals surface area contributed by atoms with E-state index in [1.54, 1.807) is 48.5 Å². The van der Waals surface area contributed by atoms with Gasteiger partial charge in [0, 0.05) is 16.8 Å². The fourth-order valence-electron chi connectivity index (χ4n) is 3.85. The van der Waals surface area contributed by atoms with Gasteiger partial charge in [0.05, 0.1) is 12.2 Å². The third-order valence-electron chi connectivity index (χ3n) is 5.52. The number of carbonyl (C=O) groups excluding carboxylic acids is 3. The maximum atomic E-state index is 12.7. The number of anilines is 1. The minimum absolute atomic E-state index is 0.117. The molecule has 1 N–H and O–H groups in total. The van der Waals surface area contributed by atoms with Gasteiger partial charge in [-0.1, -0.05) is 55.5 Å². The quantitative estimate of drug-likeness (QED) is 0.376. The molecule has 3 aromatic rings. The van der Waals surface area contributed by atoms with Crippen molar-refractivity contribution in [2.24, 2.45) is 0 Å². The fraction of sp³-hybridized carbons (Fsp3) is 0.179. The van der Waals surface area contributed by atoms with Crippen LogP contribution in [-0.2, 0) is 11.2 Å². The number of aryl methyl sites for hydroxylation is 1. The highest BCUT2D eigenvalue weighted by molar-refractivity contribution is 6.41. The molecule has 0 aliphatic heterocycles. The summed E-state index contributed by atoms with van der Waals surface area (Å²) < 4.78 is 11.4. The van der Waals surface area contributed by atoms with Crippen LogP contribution in [0.1, 0.15) is 45.7 Å². The van der Waals surface area contributed by atoms with Gasteiger partial charge in [-0.25, -0.2) is 0 Å². The number of nitrogens with one attached hydrogen (secondary N) is 1. The summed E-state index contributed by atoms with van der Waals surface area (Å²) in [5.74, 6) is -0.0374. The zero-order valence-electron chi connectivity index (χ0n) is 19.1. The second-order valence-corrected chi connectivity index (χ2v) is 7.75. The number of benzene rings is 3. The van der Waals surface area contributed by atoms with Crippen LogP contribution in [0, 0.1) is 0 Å². The van der Waals surface area contributed by atoms with Crippen molar-refractivity contribution in [1.29, 1.82) is 0 Å². The average molecular weight is 456 g/mol. The van der Waals surface area contributed by atoms with Crippen LogP contribution in [-0.4, -0.2) is 30.7 Å². The Kier molecular flexibility index (Phi) is 6.87. The summed E-state index contributed by atoms with van der Waals surface area (Å²) in [7, 11) is 0. The van der Waals surface area contributed by atoms with Crippen LogP contribution in [0.25, 0.3) is 6.08 Å². The van der Waals surface area contributed by atoms with Crippen molar-refractivity contribution in [3.05, 3.63) is 94.6 Å². The van der Waals surface area contributed by atoms with Gasteiger partial charge in [-0.3, -0.25) is 14.4 Å². The van der Waals surface area contributed by atoms with Gasteiger partial charge in [0.1, 0.15) is 0 Å². The zero-order chi connectivity index (χ0) is 24.1. The SMILES string of the molecule is CCOc1cc(C=C2C(=O)c3ccccc3C2=O)ccc1OCC(=O)Nc1ccccc1CC. The van der Waals surface area contributed by atoms with Gasteiger partial charge in [0.15, 0.2) is 29.7 Å². The third-order valence-corrected chi connectivity index (χ3v) is 5.52. The number of hydrogen-bond acceptors (Lipinski definition) is 5. The van der Waals surface area contributed by atoms with E-state index in [0.29, 0.717) is 34.8 Å². The van der Waals surface area contributed by atoms with Gasteiger partial charge in [-0.2, -0.15) is 0 Å². The molecule has 0 atom stereocenters. The van der Waals surface area contributed by atoms with Gasteiger partial charge >= 0.3 is 0 Å². The number of fused-ring (bicyclic) bond motifs is 1. The molecule has 1 amide bonds. The first-order valence-electron chi connectivity index (χ1n) is 11.2. The molecule has 6 nitrogen and oxygen atoms in total. The molecule has 0 spiro atoms. The molecule has 0 aromatic heterocycles. The maximum Gasteiger partial charge on any atom is 0.262 e. The first kappa shape index (κ1) is 23.0. The molecule has 0 radical (unpaired) electrons. The average Bonchev–Trinajstić information content (AvgIpc) is 3.09. The fourth-order valence-corrected chi connectivity index (χ4v) is 3.85. The number of ether oxygens (including phenoxy) is 2. The highest BCUT2D eigenvalue weighted by Gasteiger charge is 2.32. The number of ketones is 2. The van der Waals surface area contributed by atoms with Crippen molar-refractivity contribution in [2.45, 2.75) is 20.3 Å². The van der Waals surface area contributed by atoms with Crippen molar-refractivity contribution < 1.29 is 23.9 Å². The Morgan fingerprint density at radius 3 is 2.21 bits per heavy atom. The van der Waals surface area contributed by atoms with E-state index in [1.807, 2.05) is 38.1 Å². The molecule has 6 heteroatoms. The van der Waals surface area contributed by atoms with Crippen molar-refractivity contribution in [2.75, 3.05) is 18.5 Å². The van der Waals surface area contributed by atoms with Crippen molar-refractivity contribution >= 4 is 29.2 Å². The van der Waals surface area contributed by atoms with E-state index in [4.69, 9.17) is 9.47 Å². The van der Waals surface area contributed by atoms with Crippen molar-refractivity contribution in [1.82, 2.24) is 0 Å². The number of hydrogen-bond donors (Lipinski definition) is 1. The molecule has 0 fully saturated rings. The molecule has 1 aliphatic rings. The second-order valence-electron chi connectivity index (χ2n) is 7.75. The van der Waals surface area contributed by atoms with E-state index in [-0.39, 0.29) is 29.7 Å². The minimum Gasteiger partial charge on any atom is -0.490 e. The normalized spacial score (nSPS) is 12.4. The standard InChI is InChI=1S/C28H25NO5/c1-3-19-9-5-8-12-23(19)29-26(30)17-34-24-14-13-18(16-25(24)33-4-2)15-22-27(31)20-10-6-7-11-21(20)28(22)32/h5-16H,3-4,17H2,1-2H3,(H,29,30). The molecule has 1 aliphatic carbocycles. The molecule has 0 heterocycles. The number of amides is 1. The Morgan fingerprint density at radius 1 is 0.853 bits per heavy atom. The highest BCUT2D eigenvalue weighted by Crippen LogP contribution is 2.32. The Hall–Kier alpha value is -4.19. The summed E-state index contributed by atoms with van der Waals surface area (Å²) in [6.45, 7) is 4.06. The van der Waals surface area contributed by atoms with E-state index < -0.39 is 0 Å². The van der Waals surface area contributed by atoms with E-state index in [1.165, 1.54) is 0 Å². The van der Waals surface area contributed by atoms with E-state index in [2.05, 4.69) is 5.32 Å². The van der Waals surface area contributed by atoms with Crippen LogP contribution in [0.15, 0.2) is 72.3 Å². The van der Waals surface area contributed by atoms with Crippen molar-refractivity contribution in [3.8, 4) is 11.5 Å². The lowest BCUT2D eigenvalue weighted by Crippen LogP contribution is -2.21. The predicted octanol–water partition coefficient (Wildman–Crippen LogP) is 5.13. The van der Waals surface area contributed by atoms with Gasteiger partial charge in [-0.15, -0.1) is 0 Å². The monoisotopic (exact) mass is 455 g/mol. The third kappa shape index (κ3) is 4.76. The van der Waals surface area contributed by atoms with Gasteiger partial charge < -0.3 is 14.8 Å². The molecule has 3 aromatic carbocycles. The Balaban J connectivity index is 1.50.